The molecule has 0 aromatic rings. The molecular weight excluding hydrogens is 990 g/mol. The Kier molecular flexibility index (Phi) is 57.2. The Morgan fingerprint density at radius 2 is 0.731 bits per heavy atom. The molecule has 0 aliphatic heterocycles. The molecule has 0 spiro atoms. The number of quaternary nitrogens is 1. The van der Waals surface area contributed by atoms with Gasteiger partial charge in [0, 0.05) is 12.8 Å². The van der Waals surface area contributed by atoms with E-state index in [-0.39, 0.29) is 32.0 Å². The average Bonchev–Trinajstić information content (AvgIpc) is 3.41. The summed E-state index contributed by atoms with van der Waals surface area (Å²) in [5, 5.41) is 0. The van der Waals surface area contributed by atoms with Crippen molar-refractivity contribution in [3.63, 3.8) is 0 Å². The van der Waals surface area contributed by atoms with E-state index < -0.39 is 26.5 Å². The monoisotopic (exact) mass is 1110 g/mol. The van der Waals surface area contributed by atoms with Crippen molar-refractivity contribution in [3.8, 4) is 0 Å². The number of esters is 2. The van der Waals surface area contributed by atoms with Crippen molar-refractivity contribution in [2.75, 3.05) is 47.5 Å². The van der Waals surface area contributed by atoms with Crippen molar-refractivity contribution in [2.45, 2.75) is 302 Å². The van der Waals surface area contributed by atoms with E-state index in [1.54, 1.807) is 0 Å². The standard InChI is InChI=1S/C68H124NO8P/c1-6-8-10-12-14-16-18-20-22-24-26-27-28-29-30-31-32-33-34-35-36-37-38-39-40-41-43-44-46-48-50-52-54-56-58-60-67(70)74-64-66(65-76-78(72,73)75-63-62-69(3,4)5)77-68(71)61-59-57-55-53-51-49-47-45-42-25-23-21-19-17-15-13-11-9-7-2/h9,11,15,17,21,23,42,45,49,51,55,57,66H,6-8,10,12-14,16,18-20,22,24-41,43-44,46-48,50,52-54,56,58-65H2,1-5H3/p+1/b11-9-,17-15-,23-21-,45-42-,51-49-,57-55-. The Morgan fingerprint density at radius 1 is 0.410 bits per heavy atom. The van der Waals surface area contributed by atoms with Crippen molar-refractivity contribution in [2.24, 2.45) is 0 Å². The lowest BCUT2D eigenvalue weighted by molar-refractivity contribution is -0.870. The molecule has 0 aliphatic rings. The lowest BCUT2D eigenvalue weighted by atomic mass is 10.0. The summed E-state index contributed by atoms with van der Waals surface area (Å²) in [6.07, 6.45) is 79.0. The van der Waals surface area contributed by atoms with E-state index in [4.69, 9.17) is 18.5 Å². The highest BCUT2D eigenvalue weighted by Gasteiger charge is 2.27. The van der Waals surface area contributed by atoms with E-state index in [9.17, 15) is 19.0 Å². The molecule has 0 aromatic heterocycles. The van der Waals surface area contributed by atoms with Gasteiger partial charge in [0.05, 0.1) is 27.7 Å². The third kappa shape index (κ3) is 62.6. The van der Waals surface area contributed by atoms with Gasteiger partial charge in [0.2, 0.25) is 0 Å². The minimum absolute atomic E-state index is 0.0163. The van der Waals surface area contributed by atoms with Gasteiger partial charge in [0.1, 0.15) is 19.8 Å². The van der Waals surface area contributed by atoms with Gasteiger partial charge in [-0.2, -0.15) is 0 Å². The summed E-state index contributed by atoms with van der Waals surface area (Å²) in [5.41, 5.74) is 0. The van der Waals surface area contributed by atoms with E-state index in [0.717, 1.165) is 57.8 Å². The summed E-state index contributed by atoms with van der Waals surface area (Å²) >= 11 is 0. The maximum absolute atomic E-state index is 12.8. The molecule has 0 heterocycles. The van der Waals surface area contributed by atoms with Crippen LogP contribution in [-0.2, 0) is 32.7 Å². The minimum atomic E-state index is -4.41. The van der Waals surface area contributed by atoms with Gasteiger partial charge in [0.15, 0.2) is 6.10 Å². The summed E-state index contributed by atoms with van der Waals surface area (Å²) in [4.78, 5) is 35.7. The van der Waals surface area contributed by atoms with Crippen LogP contribution in [0.3, 0.4) is 0 Å². The number of rotatable bonds is 60. The number of phosphoric acid groups is 1. The molecule has 0 bridgehead atoms. The van der Waals surface area contributed by atoms with Crippen molar-refractivity contribution in [3.05, 3.63) is 72.9 Å². The molecule has 78 heavy (non-hydrogen) atoms. The van der Waals surface area contributed by atoms with Crippen LogP contribution in [0.5, 0.6) is 0 Å². The molecule has 0 saturated heterocycles. The van der Waals surface area contributed by atoms with Crippen LogP contribution in [-0.4, -0.2) is 74.9 Å². The first-order valence-corrected chi connectivity index (χ1v) is 34.2. The van der Waals surface area contributed by atoms with E-state index in [1.807, 2.05) is 33.3 Å². The summed E-state index contributed by atoms with van der Waals surface area (Å²) in [6.45, 7) is 4.26. The van der Waals surface area contributed by atoms with Crippen LogP contribution in [0, 0.1) is 0 Å². The highest BCUT2D eigenvalue weighted by Crippen LogP contribution is 2.43. The molecule has 0 aliphatic carbocycles. The van der Waals surface area contributed by atoms with Crippen LogP contribution >= 0.6 is 7.82 Å². The fourth-order valence-electron chi connectivity index (χ4n) is 9.28. The van der Waals surface area contributed by atoms with Gasteiger partial charge in [-0.15, -0.1) is 0 Å². The molecule has 9 nitrogen and oxygen atoms in total. The highest BCUT2D eigenvalue weighted by molar-refractivity contribution is 7.47. The van der Waals surface area contributed by atoms with Crippen molar-refractivity contribution < 1.29 is 42.1 Å². The van der Waals surface area contributed by atoms with Gasteiger partial charge in [0.25, 0.3) is 0 Å². The maximum Gasteiger partial charge on any atom is 0.472 e. The highest BCUT2D eigenvalue weighted by atomic mass is 31.2. The third-order valence-electron chi connectivity index (χ3n) is 14.3. The van der Waals surface area contributed by atoms with E-state index in [0.29, 0.717) is 17.4 Å². The number of nitrogens with zero attached hydrogens (tertiary/aromatic N) is 1. The van der Waals surface area contributed by atoms with Crippen molar-refractivity contribution in [1.82, 2.24) is 0 Å². The number of ether oxygens (including phenoxy) is 2. The second kappa shape index (κ2) is 59.1. The molecule has 0 radical (unpaired) electrons. The summed E-state index contributed by atoms with van der Waals surface area (Å²) in [7, 11) is 1.43. The molecule has 1 N–H and O–H groups in total. The molecule has 0 fully saturated rings. The summed E-state index contributed by atoms with van der Waals surface area (Å²) in [6, 6.07) is 0. The van der Waals surface area contributed by atoms with Crippen LogP contribution in [0.4, 0.5) is 0 Å². The number of hydrogen-bond donors (Lipinski definition) is 1. The van der Waals surface area contributed by atoms with E-state index in [2.05, 4.69) is 74.6 Å². The van der Waals surface area contributed by atoms with Gasteiger partial charge < -0.3 is 18.9 Å². The van der Waals surface area contributed by atoms with E-state index >= 15 is 0 Å². The lowest BCUT2D eigenvalue weighted by Gasteiger charge is -2.24. The quantitative estimate of drug-likeness (QED) is 0.0211. The third-order valence-corrected chi connectivity index (χ3v) is 15.2. The zero-order valence-electron chi connectivity index (χ0n) is 51.6. The number of phosphoric ester groups is 1. The molecule has 10 heteroatoms. The van der Waals surface area contributed by atoms with Crippen LogP contribution in [0.15, 0.2) is 72.9 Å². The summed E-state index contributed by atoms with van der Waals surface area (Å²) < 4.78 is 34.5. The molecule has 2 unspecified atom stereocenters. The molecule has 0 amide bonds. The first-order valence-electron chi connectivity index (χ1n) is 32.7. The van der Waals surface area contributed by atoms with Gasteiger partial charge in [-0.05, 0) is 51.4 Å². The van der Waals surface area contributed by atoms with Crippen molar-refractivity contribution >= 4 is 19.8 Å². The lowest BCUT2D eigenvalue weighted by Crippen LogP contribution is -2.37. The number of unbranched alkanes of at least 4 members (excludes halogenated alkanes) is 34. The topological polar surface area (TPSA) is 108 Å². The Balaban J connectivity index is 4.02. The SMILES string of the molecule is CC/C=C\C/C=C\C/C=C\C/C=C\C/C=C\C/C=C\CCC(=O)OC(COC(=O)CCCCCCCCCCCCCCCCCCCCCCCCCCCCCCCCCCCCC)COP(=O)(O)OCC[N+](C)(C)C. The minimum Gasteiger partial charge on any atom is -0.462 e. The smallest absolute Gasteiger partial charge is 0.462 e. The number of likely N-dealkylation sites (N-methyl/N-ethyl adjacent to an activating group) is 1. The molecule has 0 saturated carbocycles. The fraction of sp³-hybridized carbons (Fsp3) is 0.794. The Morgan fingerprint density at radius 3 is 1.06 bits per heavy atom. The van der Waals surface area contributed by atoms with E-state index in [1.165, 1.54) is 205 Å². The molecular formula is C68H125NO8P+. The normalized spacial score (nSPS) is 13.7. The molecule has 2 atom stereocenters. The Bertz CT molecular complexity index is 1550. The predicted molar refractivity (Wildman–Crippen MR) is 335 cm³/mol. The fourth-order valence-corrected chi connectivity index (χ4v) is 10.0. The van der Waals surface area contributed by atoms with Gasteiger partial charge >= 0.3 is 19.8 Å². The number of hydrogen-bond acceptors (Lipinski definition) is 7. The molecule has 0 aromatic carbocycles. The zero-order valence-corrected chi connectivity index (χ0v) is 52.5. The number of carbonyl (C=O) groups excluding carboxylic acids is 2. The van der Waals surface area contributed by atoms with Crippen LogP contribution in [0.1, 0.15) is 296 Å². The van der Waals surface area contributed by atoms with Gasteiger partial charge in [-0.1, -0.05) is 305 Å². The second-order valence-electron chi connectivity index (χ2n) is 23.1. The average molecular weight is 1120 g/mol. The predicted octanol–water partition coefficient (Wildman–Crippen LogP) is 20.8. The number of carbonyl (C=O) groups is 2. The Labute approximate surface area is 482 Å². The van der Waals surface area contributed by atoms with Crippen LogP contribution in [0.2, 0.25) is 0 Å². The maximum atomic E-state index is 12.8. The van der Waals surface area contributed by atoms with Gasteiger partial charge in [-0.3, -0.25) is 18.6 Å². The zero-order chi connectivity index (χ0) is 57.0. The second-order valence-corrected chi connectivity index (χ2v) is 24.6. The van der Waals surface area contributed by atoms with Crippen molar-refractivity contribution in [1.29, 1.82) is 0 Å². The van der Waals surface area contributed by atoms with Crippen LogP contribution in [0.25, 0.3) is 0 Å². The van der Waals surface area contributed by atoms with Crippen LogP contribution < -0.4 is 0 Å². The summed E-state index contributed by atoms with van der Waals surface area (Å²) in [5.74, 6) is -0.888. The largest absolute Gasteiger partial charge is 0.472 e. The molecule has 0 rings (SSSR count). The first-order chi connectivity index (χ1) is 38.0. The molecule has 454 valence electrons. The first kappa shape index (κ1) is 75.5. The van der Waals surface area contributed by atoms with Gasteiger partial charge in [-0.25, -0.2) is 4.57 Å². The number of allylic oxidation sites excluding steroid dienone is 12. The Hall–Kier alpha value is -2.55.